The number of carbonyl (C=O) groups excluding carboxylic acids is 1. The zero-order chi connectivity index (χ0) is 12.6. The van der Waals surface area contributed by atoms with Crippen molar-refractivity contribution in [2.45, 2.75) is 43.7 Å². The van der Waals surface area contributed by atoms with Gasteiger partial charge in [0, 0.05) is 11.6 Å². The quantitative estimate of drug-likeness (QED) is 0.866. The minimum atomic E-state index is -0.130. The molecule has 1 aromatic heterocycles. The van der Waals surface area contributed by atoms with Crippen LogP contribution in [0.25, 0.3) is 0 Å². The van der Waals surface area contributed by atoms with Crippen molar-refractivity contribution in [3.8, 4) is 0 Å². The summed E-state index contributed by atoms with van der Waals surface area (Å²) in [6.07, 6.45) is 7.18. The average Bonchev–Trinajstić information content (AvgIpc) is 2.74. The lowest BCUT2D eigenvalue weighted by Crippen LogP contribution is -2.59. The first-order valence-electron chi connectivity index (χ1n) is 6.47. The van der Waals surface area contributed by atoms with Gasteiger partial charge < -0.3 is 15.1 Å². The second-order valence-corrected chi connectivity index (χ2v) is 5.68. The summed E-state index contributed by atoms with van der Waals surface area (Å²) in [5.41, 5.74) is 0.717. The number of amides is 1. The Kier molecular flexibility index (Phi) is 3.08. The Morgan fingerprint density at radius 2 is 2.39 bits per heavy atom. The molecule has 1 aliphatic carbocycles. The van der Waals surface area contributed by atoms with Crippen molar-refractivity contribution in [2.24, 2.45) is 0 Å². The van der Waals surface area contributed by atoms with Gasteiger partial charge in [-0.15, -0.1) is 0 Å². The third-order valence-electron chi connectivity index (χ3n) is 4.14. The van der Waals surface area contributed by atoms with Crippen molar-refractivity contribution in [3.05, 3.63) is 23.1 Å². The maximum Gasteiger partial charge on any atom is 0.256 e. The molecule has 4 nitrogen and oxygen atoms in total. The molecule has 1 saturated heterocycles. The number of halogens is 1. The molecule has 1 unspecified atom stereocenters. The lowest BCUT2D eigenvalue weighted by atomic mass is 9.70. The third kappa shape index (κ3) is 2.15. The predicted molar refractivity (Wildman–Crippen MR) is 68.8 cm³/mol. The topological polar surface area (TPSA) is 54.3 Å². The van der Waals surface area contributed by atoms with Crippen molar-refractivity contribution in [3.63, 3.8) is 0 Å². The zero-order valence-electron chi connectivity index (χ0n) is 10.2. The van der Waals surface area contributed by atoms with Gasteiger partial charge in [-0.2, -0.15) is 0 Å². The van der Waals surface area contributed by atoms with E-state index in [0.29, 0.717) is 5.56 Å². The zero-order valence-corrected chi connectivity index (χ0v) is 10.9. The van der Waals surface area contributed by atoms with E-state index in [-0.39, 0.29) is 22.7 Å². The Bertz CT molecular complexity index is 454. The van der Waals surface area contributed by atoms with E-state index < -0.39 is 0 Å². The van der Waals surface area contributed by atoms with E-state index in [1.165, 1.54) is 25.5 Å². The molecule has 1 amide bonds. The van der Waals surface area contributed by atoms with Crippen LogP contribution in [0.2, 0.25) is 5.22 Å². The minimum Gasteiger partial charge on any atom is -0.452 e. The van der Waals surface area contributed by atoms with Gasteiger partial charge >= 0.3 is 0 Å². The van der Waals surface area contributed by atoms with Crippen molar-refractivity contribution in [2.75, 3.05) is 6.54 Å². The molecule has 0 aromatic carbocycles. The van der Waals surface area contributed by atoms with Gasteiger partial charge in [0.05, 0.1) is 11.8 Å². The molecule has 5 heteroatoms. The van der Waals surface area contributed by atoms with Crippen molar-refractivity contribution >= 4 is 17.5 Å². The summed E-state index contributed by atoms with van der Waals surface area (Å²) in [6, 6.07) is 1.85. The number of hydrogen-bond acceptors (Lipinski definition) is 3. The van der Waals surface area contributed by atoms with Crippen molar-refractivity contribution in [1.82, 2.24) is 10.6 Å². The van der Waals surface area contributed by atoms with E-state index in [1.54, 1.807) is 6.07 Å². The number of furan rings is 1. The van der Waals surface area contributed by atoms with E-state index in [1.807, 2.05) is 0 Å². The molecule has 3 rings (SSSR count). The fourth-order valence-corrected chi connectivity index (χ4v) is 3.18. The first-order valence-corrected chi connectivity index (χ1v) is 6.85. The predicted octanol–water partition coefficient (Wildman–Crippen LogP) is 2.34. The fourth-order valence-electron chi connectivity index (χ4n) is 2.98. The molecule has 2 heterocycles. The van der Waals surface area contributed by atoms with Crippen LogP contribution in [0.15, 0.2) is 16.7 Å². The SMILES string of the molecule is O=C(NC1CCNC2(CCC2)C1)c1ccoc1Cl. The lowest BCUT2D eigenvalue weighted by Gasteiger charge is -2.48. The highest BCUT2D eigenvalue weighted by atomic mass is 35.5. The first kappa shape index (κ1) is 12.1. The second kappa shape index (κ2) is 4.59. The Morgan fingerprint density at radius 1 is 1.56 bits per heavy atom. The molecule has 18 heavy (non-hydrogen) atoms. The van der Waals surface area contributed by atoms with Crippen molar-refractivity contribution in [1.29, 1.82) is 0 Å². The lowest BCUT2D eigenvalue weighted by molar-refractivity contribution is 0.0852. The summed E-state index contributed by atoms with van der Waals surface area (Å²) in [6.45, 7) is 0.976. The standard InChI is InChI=1S/C13H17ClN2O2/c14-11-10(3-7-18-11)12(17)16-9-2-6-15-13(8-9)4-1-5-13/h3,7,9,15H,1-2,4-6,8H2,(H,16,17). The van der Waals surface area contributed by atoms with Gasteiger partial charge in [-0.3, -0.25) is 4.79 Å². The number of hydrogen-bond donors (Lipinski definition) is 2. The van der Waals surface area contributed by atoms with Crippen LogP contribution in [0.1, 0.15) is 42.5 Å². The maximum atomic E-state index is 12.0. The molecule has 1 saturated carbocycles. The van der Waals surface area contributed by atoms with E-state index >= 15 is 0 Å². The Balaban J connectivity index is 1.62. The van der Waals surface area contributed by atoms with Gasteiger partial charge in [-0.1, -0.05) is 0 Å². The molecule has 1 atom stereocenters. The fraction of sp³-hybridized carbons (Fsp3) is 0.615. The first-order chi connectivity index (χ1) is 8.69. The summed E-state index contributed by atoms with van der Waals surface area (Å²) in [5, 5.41) is 6.81. The normalized spacial score (nSPS) is 25.7. The van der Waals surface area contributed by atoms with Crippen molar-refractivity contribution < 1.29 is 9.21 Å². The van der Waals surface area contributed by atoms with Crippen LogP contribution in [0.5, 0.6) is 0 Å². The average molecular weight is 269 g/mol. The highest BCUT2D eigenvalue weighted by molar-refractivity contribution is 6.32. The van der Waals surface area contributed by atoms with Gasteiger partial charge in [0.1, 0.15) is 0 Å². The Labute approximate surface area is 111 Å². The van der Waals surface area contributed by atoms with Crippen LogP contribution < -0.4 is 10.6 Å². The Morgan fingerprint density at radius 3 is 3.00 bits per heavy atom. The molecule has 98 valence electrons. The number of nitrogens with one attached hydrogen (secondary N) is 2. The van der Waals surface area contributed by atoms with Gasteiger partial charge in [0.2, 0.25) is 5.22 Å². The molecular weight excluding hydrogens is 252 g/mol. The van der Waals surface area contributed by atoms with Crippen LogP contribution in [0.4, 0.5) is 0 Å². The number of carbonyl (C=O) groups is 1. The van der Waals surface area contributed by atoms with Gasteiger partial charge in [0.25, 0.3) is 5.91 Å². The molecular formula is C13H17ClN2O2. The second-order valence-electron chi connectivity index (χ2n) is 5.33. The molecule has 0 bridgehead atoms. The summed E-state index contributed by atoms with van der Waals surface area (Å²) in [7, 11) is 0. The molecule has 1 aromatic rings. The molecule has 1 spiro atoms. The van der Waals surface area contributed by atoms with Gasteiger partial charge in [-0.05, 0) is 56.3 Å². The molecule has 1 aliphatic heterocycles. The summed E-state index contributed by atoms with van der Waals surface area (Å²) >= 11 is 5.81. The molecule has 2 fully saturated rings. The van der Waals surface area contributed by atoms with Crippen LogP contribution >= 0.6 is 11.6 Å². The monoisotopic (exact) mass is 268 g/mol. The largest absolute Gasteiger partial charge is 0.452 e. The van der Waals surface area contributed by atoms with E-state index in [9.17, 15) is 4.79 Å². The number of rotatable bonds is 2. The Hall–Kier alpha value is -1.00. The van der Waals surface area contributed by atoms with Crippen LogP contribution in [-0.4, -0.2) is 24.0 Å². The minimum absolute atomic E-state index is 0.130. The smallest absolute Gasteiger partial charge is 0.256 e. The molecule has 0 radical (unpaired) electrons. The van der Waals surface area contributed by atoms with E-state index in [2.05, 4.69) is 10.6 Å². The van der Waals surface area contributed by atoms with Crippen LogP contribution in [-0.2, 0) is 0 Å². The van der Waals surface area contributed by atoms with E-state index in [0.717, 1.165) is 19.4 Å². The summed E-state index contributed by atoms with van der Waals surface area (Å²) < 4.78 is 4.94. The van der Waals surface area contributed by atoms with Crippen LogP contribution in [0.3, 0.4) is 0 Å². The molecule has 2 N–H and O–H groups in total. The highest BCUT2D eigenvalue weighted by Gasteiger charge is 2.41. The van der Waals surface area contributed by atoms with Gasteiger partial charge in [-0.25, -0.2) is 0 Å². The summed E-state index contributed by atoms with van der Waals surface area (Å²) in [5.74, 6) is -0.130. The van der Waals surface area contributed by atoms with Crippen LogP contribution in [0, 0.1) is 0 Å². The maximum absolute atomic E-state index is 12.0. The van der Waals surface area contributed by atoms with Gasteiger partial charge in [0.15, 0.2) is 0 Å². The highest BCUT2D eigenvalue weighted by Crippen LogP contribution is 2.38. The molecule has 2 aliphatic rings. The number of piperidine rings is 1. The van der Waals surface area contributed by atoms with E-state index in [4.69, 9.17) is 16.0 Å². The third-order valence-corrected chi connectivity index (χ3v) is 4.43. The summed E-state index contributed by atoms with van der Waals surface area (Å²) in [4.78, 5) is 12.0.